The van der Waals surface area contributed by atoms with Crippen LogP contribution in [0.25, 0.3) is 0 Å². The Kier molecular flexibility index (Phi) is 8.09. The smallest absolute Gasteiger partial charge is 0.309 e. The summed E-state index contributed by atoms with van der Waals surface area (Å²) in [5, 5.41) is 12.7. The molecule has 0 heterocycles. The highest BCUT2D eigenvalue weighted by atomic mass is 16.5. The topological polar surface area (TPSA) is 84.9 Å². The second-order valence-electron chi connectivity index (χ2n) is 9.60. The molecule has 2 saturated carbocycles. The van der Waals surface area contributed by atoms with Gasteiger partial charge in [-0.2, -0.15) is 0 Å². The number of ether oxygens (including phenoxy) is 2. The number of aromatic hydroxyl groups is 1. The zero-order valence-corrected chi connectivity index (χ0v) is 19.9. The van der Waals surface area contributed by atoms with Crippen molar-refractivity contribution < 1.29 is 24.2 Å². The molecule has 34 heavy (non-hydrogen) atoms. The van der Waals surface area contributed by atoms with Gasteiger partial charge in [-0.3, -0.25) is 9.59 Å². The first-order valence-corrected chi connectivity index (χ1v) is 12.5. The van der Waals surface area contributed by atoms with E-state index in [-0.39, 0.29) is 36.1 Å². The molecule has 2 N–H and O–H groups in total. The van der Waals surface area contributed by atoms with Crippen LogP contribution < -0.4 is 10.1 Å². The third kappa shape index (κ3) is 6.31. The molecule has 1 amide bonds. The van der Waals surface area contributed by atoms with E-state index < -0.39 is 0 Å². The zero-order chi connectivity index (χ0) is 23.9. The van der Waals surface area contributed by atoms with Crippen LogP contribution in [0.15, 0.2) is 42.5 Å². The molecule has 0 bridgehead atoms. The lowest BCUT2D eigenvalue weighted by Gasteiger charge is -2.30. The number of phenols is 1. The van der Waals surface area contributed by atoms with Crippen LogP contribution in [0.5, 0.6) is 11.5 Å². The number of carbonyl (C=O) groups is 2. The molecule has 182 valence electrons. The van der Waals surface area contributed by atoms with Gasteiger partial charge in [0.2, 0.25) is 5.91 Å². The van der Waals surface area contributed by atoms with Gasteiger partial charge in [0.25, 0.3) is 0 Å². The molecule has 6 nitrogen and oxygen atoms in total. The van der Waals surface area contributed by atoms with Crippen LogP contribution in [-0.2, 0) is 20.7 Å². The molecule has 2 aromatic carbocycles. The Labute approximate surface area is 201 Å². The first kappa shape index (κ1) is 24.1. The van der Waals surface area contributed by atoms with E-state index in [1.54, 1.807) is 12.1 Å². The first-order chi connectivity index (χ1) is 16.5. The van der Waals surface area contributed by atoms with Crippen LogP contribution in [0.2, 0.25) is 0 Å². The molecule has 0 atom stereocenters. The van der Waals surface area contributed by atoms with Crippen molar-refractivity contribution in [1.29, 1.82) is 0 Å². The maximum atomic E-state index is 12.6. The van der Waals surface area contributed by atoms with Gasteiger partial charge in [-0.1, -0.05) is 37.5 Å². The summed E-state index contributed by atoms with van der Waals surface area (Å²) in [7, 11) is 1.48. The van der Waals surface area contributed by atoms with Gasteiger partial charge in [-0.25, -0.2) is 0 Å². The number of methoxy groups -OCH3 is 1. The van der Waals surface area contributed by atoms with Crippen molar-refractivity contribution in [2.75, 3.05) is 12.4 Å². The monoisotopic (exact) mass is 465 g/mol. The third-order valence-corrected chi connectivity index (χ3v) is 7.15. The minimum Gasteiger partial charge on any atom is -0.504 e. The summed E-state index contributed by atoms with van der Waals surface area (Å²) in [6.07, 6.45) is 9.45. The van der Waals surface area contributed by atoms with Crippen LogP contribution in [-0.4, -0.2) is 30.2 Å². The van der Waals surface area contributed by atoms with E-state index in [1.165, 1.54) is 25.2 Å². The van der Waals surface area contributed by atoms with E-state index >= 15 is 0 Å². The van der Waals surface area contributed by atoms with Gasteiger partial charge < -0.3 is 19.9 Å². The van der Waals surface area contributed by atoms with Crippen LogP contribution in [0.1, 0.15) is 74.8 Å². The molecule has 2 aliphatic rings. The number of hydrogen-bond acceptors (Lipinski definition) is 5. The minimum atomic E-state index is -0.122. The summed E-state index contributed by atoms with van der Waals surface area (Å²) >= 11 is 0. The summed E-state index contributed by atoms with van der Waals surface area (Å²) in [5.41, 5.74) is 2.75. The van der Waals surface area contributed by atoms with Gasteiger partial charge in [0, 0.05) is 5.69 Å². The Hall–Kier alpha value is -3.02. The molecule has 0 aliphatic heterocycles. The molecule has 0 radical (unpaired) electrons. The number of phenolic OH excluding ortho intramolecular Hbond substituents is 1. The Bertz CT molecular complexity index is 990. The van der Waals surface area contributed by atoms with Crippen LogP contribution in [0, 0.1) is 5.92 Å². The molecule has 6 heteroatoms. The average Bonchev–Trinajstić information content (AvgIpc) is 2.86. The Balaban J connectivity index is 1.28. The standard InChI is InChI=1S/C28H35NO5/c1-33-26-16-19(10-15-25(26)30)17-27(31)29-23-9-5-8-22(18-23)20-11-13-24(14-12-20)34-28(32)21-6-3-2-4-7-21/h5,8-10,15-16,18,20-21,24,30H,2-4,6-7,11-14,17H2,1H3,(H,29,31)/t20-,24-. The van der Waals surface area contributed by atoms with Crippen LogP contribution in [0.3, 0.4) is 0 Å². The molecule has 4 rings (SSSR count). The van der Waals surface area contributed by atoms with E-state index in [1.807, 2.05) is 18.2 Å². The molecule has 2 fully saturated rings. The van der Waals surface area contributed by atoms with Gasteiger partial charge >= 0.3 is 5.97 Å². The van der Waals surface area contributed by atoms with Crippen molar-refractivity contribution >= 4 is 17.6 Å². The highest BCUT2D eigenvalue weighted by Crippen LogP contribution is 2.36. The highest BCUT2D eigenvalue weighted by Gasteiger charge is 2.29. The van der Waals surface area contributed by atoms with Crippen LogP contribution in [0.4, 0.5) is 5.69 Å². The third-order valence-electron chi connectivity index (χ3n) is 7.15. The van der Waals surface area contributed by atoms with E-state index in [9.17, 15) is 14.7 Å². The fraction of sp³-hybridized carbons (Fsp3) is 0.500. The lowest BCUT2D eigenvalue weighted by Crippen LogP contribution is -2.28. The normalized spacial score (nSPS) is 21.0. The first-order valence-electron chi connectivity index (χ1n) is 12.5. The predicted molar refractivity (Wildman–Crippen MR) is 131 cm³/mol. The number of amides is 1. The maximum absolute atomic E-state index is 12.6. The van der Waals surface area contributed by atoms with Gasteiger partial charge in [-0.05, 0) is 79.8 Å². The molecule has 0 spiro atoms. The molecular formula is C28H35NO5. The predicted octanol–water partition coefficient (Wildman–Crippen LogP) is 5.73. The molecule has 2 aromatic rings. The number of carbonyl (C=O) groups excluding carboxylic acids is 2. The van der Waals surface area contributed by atoms with E-state index in [2.05, 4.69) is 11.4 Å². The lowest BCUT2D eigenvalue weighted by molar-refractivity contribution is -0.156. The number of rotatable bonds is 7. The lowest BCUT2D eigenvalue weighted by atomic mass is 9.82. The Morgan fingerprint density at radius 1 is 0.971 bits per heavy atom. The van der Waals surface area contributed by atoms with Crippen molar-refractivity contribution in [1.82, 2.24) is 0 Å². The van der Waals surface area contributed by atoms with Crippen molar-refractivity contribution in [3.63, 3.8) is 0 Å². The molecule has 0 unspecified atom stereocenters. The van der Waals surface area contributed by atoms with Gasteiger partial charge in [0.1, 0.15) is 6.10 Å². The molecule has 2 aliphatic carbocycles. The number of benzene rings is 2. The minimum absolute atomic E-state index is 0.0131. The van der Waals surface area contributed by atoms with E-state index in [4.69, 9.17) is 9.47 Å². The summed E-state index contributed by atoms with van der Waals surface area (Å²) in [5.74, 6) is 0.810. The quantitative estimate of drug-likeness (QED) is 0.510. The molecular weight excluding hydrogens is 430 g/mol. The van der Waals surface area contributed by atoms with Gasteiger partial charge in [-0.15, -0.1) is 0 Å². The Morgan fingerprint density at radius 2 is 1.74 bits per heavy atom. The summed E-state index contributed by atoms with van der Waals surface area (Å²) in [4.78, 5) is 25.0. The van der Waals surface area contributed by atoms with Crippen molar-refractivity contribution in [3.8, 4) is 11.5 Å². The van der Waals surface area contributed by atoms with Crippen molar-refractivity contribution in [2.24, 2.45) is 5.92 Å². The number of hydrogen-bond donors (Lipinski definition) is 2. The van der Waals surface area contributed by atoms with E-state index in [0.717, 1.165) is 62.6 Å². The number of esters is 1. The summed E-state index contributed by atoms with van der Waals surface area (Å²) in [6, 6.07) is 13.0. The van der Waals surface area contributed by atoms with Gasteiger partial charge in [0.15, 0.2) is 11.5 Å². The molecule has 0 saturated heterocycles. The fourth-order valence-corrected chi connectivity index (χ4v) is 5.21. The van der Waals surface area contributed by atoms with Crippen molar-refractivity contribution in [2.45, 2.75) is 76.2 Å². The van der Waals surface area contributed by atoms with E-state index in [0.29, 0.717) is 11.7 Å². The SMILES string of the molecule is COc1cc(CC(=O)Nc2cccc([C@H]3CC[C@H](OC(=O)C4CCCCC4)CC3)c2)ccc1O. The fourth-order valence-electron chi connectivity index (χ4n) is 5.21. The second kappa shape index (κ2) is 11.4. The van der Waals surface area contributed by atoms with Gasteiger partial charge in [0.05, 0.1) is 19.4 Å². The Morgan fingerprint density at radius 3 is 2.47 bits per heavy atom. The zero-order valence-electron chi connectivity index (χ0n) is 19.9. The van der Waals surface area contributed by atoms with Crippen molar-refractivity contribution in [3.05, 3.63) is 53.6 Å². The summed E-state index contributed by atoms with van der Waals surface area (Å²) < 4.78 is 11.0. The number of nitrogens with one attached hydrogen (secondary N) is 1. The second-order valence-corrected chi connectivity index (χ2v) is 9.60. The number of anilines is 1. The highest BCUT2D eigenvalue weighted by molar-refractivity contribution is 5.92. The average molecular weight is 466 g/mol. The maximum Gasteiger partial charge on any atom is 0.309 e. The van der Waals surface area contributed by atoms with Crippen LogP contribution >= 0.6 is 0 Å². The molecule has 0 aromatic heterocycles. The largest absolute Gasteiger partial charge is 0.504 e. The summed E-state index contributed by atoms with van der Waals surface area (Å²) in [6.45, 7) is 0.